The molecule has 0 atom stereocenters. The number of carbonyl (C=O) groups excluding carboxylic acids is 1. The average molecular weight is 240 g/mol. The van der Waals surface area contributed by atoms with E-state index in [4.69, 9.17) is 0 Å². The van der Waals surface area contributed by atoms with Crippen molar-refractivity contribution in [3.8, 4) is 0 Å². The van der Waals surface area contributed by atoms with Crippen molar-refractivity contribution in [2.24, 2.45) is 11.3 Å². The van der Waals surface area contributed by atoms with Gasteiger partial charge in [0.15, 0.2) is 0 Å². The SMILES string of the molecule is CN(C)C(=O)N[C@H]1CC[C@@H](CC(C)(C)C)CC1. The van der Waals surface area contributed by atoms with Gasteiger partial charge < -0.3 is 10.2 Å². The van der Waals surface area contributed by atoms with Crippen LogP contribution >= 0.6 is 0 Å². The molecular weight excluding hydrogens is 212 g/mol. The molecule has 0 aromatic heterocycles. The van der Waals surface area contributed by atoms with Crippen molar-refractivity contribution in [2.45, 2.75) is 58.9 Å². The first-order valence-corrected chi connectivity index (χ1v) is 6.76. The van der Waals surface area contributed by atoms with Crippen molar-refractivity contribution in [1.29, 1.82) is 0 Å². The Morgan fingerprint density at radius 2 is 1.71 bits per heavy atom. The number of carbonyl (C=O) groups is 1. The molecule has 2 amide bonds. The summed E-state index contributed by atoms with van der Waals surface area (Å²) in [7, 11) is 3.58. The van der Waals surface area contributed by atoms with E-state index >= 15 is 0 Å². The molecule has 0 saturated heterocycles. The molecule has 1 saturated carbocycles. The van der Waals surface area contributed by atoms with Crippen LogP contribution < -0.4 is 5.32 Å². The van der Waals surface area contributed by atoms with Gasteiger partial charge in [-0.05, 0) is 43.4 Å². The molecule has 1 aliphatic carbocycles. The molecule has 0 bridgehead atoms. The number of nitrogens with one attached hydrogen (secondary N) is 1. The molecule has 17 heavy (non-hydrogen) atoms. The molecular formula is C14H28N2O. The van der Waals surface area contributed by atoms with Gasteiger partial charge in [0, 0.05) is 20.1 Å². The Kier molecular flexibility index (Phi) is 4.84. The second-order valence-electron chi connectivity index (χ2n) is 6.83. The van der Waals surface area contributed by atoms with Gasteiger partial charge in [-0.2, -0.15) is 0 Å². The van der Waals surface area contributed by atoms with Gasteiger partial charge in [-0.15, -0.1) is 0 Å². The maximum absolute atomic E-state index is 11.5. The lowest BCUT2D eigenvalue weighted by Crippen LogP contribution is -2.43. The van der Waals surface area contributed by atoms with E-state index in [-0.39, 0.29) is 6.03 Å². The van der Waals surface area contributed by atoms with Gasteiger partial charge in [-0.25, -0.2) is 4.79 Å². The summed E-state index contributed by atoms with van der Waals surface area (Å²) in [5.41, 5.74) is 0.435. The summed E-state index contributed by atoms with van der Waals surface area (Å²) < 4.78 is 0. The Hall–Kier alpha value is -0.730. The lowest BCUT2D eigenvalue weighted by Gasteiger charge is -2.33. The number of hydrogen-bond donors (Lipinski definition) is 1. The Morgan fingerprint density at radius 3 is 2.12 bits per heavy atom. The first-order chi connectivity index (χ1) is 7.78. The predicted octanol–water partition coefficient (Wildman–Crippen LogP) is 3.25. The molecule has 0 aromatic carbocycles. The zero-order chi connectivity index (χ0) is 13.1. The summed E-state index contributed by atoms with van der Waals surface area (Å²) in [4.78, 5) is 13.1. The van der Waals surface area contributed by atoms with Gasteiger partial charge >= 0.3 is 6.03 Å². The molecule has 1 aliphatic rings. The normalized spacial score (nSPS) is 25.5. The molecule has 1 rings (SSSR count). The fourth-order valence-corrected chi connectivity index (χ4v) is 2.68. The van der Waals surface area contributed by atoms with Crippen molar-refractivity contribution in [2.75, 3.05) is 14.1 Å². The lowest BCUT2D eigenvalue weighted by molar-refractivity contribution is 0.192. The summed E-state index contributed by atoms with van der Waals surface area (Å²) in [5.74, 6) is 0.850. The second-order valence-corrected chi connectivity index (χ2v) is 6.83. The van der Waals surface area contributed by atoms with Crippen LogP contribution in [0, 0.1) is 11.3 Å². The van der Waals surface area contributed by atoms with Crippen LogP contribution in [-0.2, 0) is 0 Å². The summed E-state index contributed by atoms with van der Waals surface area (Å²) in [6.07, 6.45) is 6.10. The standard InChI is InChI=1S/C14H28N2O/c1-14(2,3)10-11-6-8-12(9-7-11)15-13(17)16(4)5/h11-12H,6-10H2,1-5H3,(H,15,17)/t11-,12+. The molecule has 3 nitrogen and oxygen atoms in total. The van der Waals surface area contributed by atoms with Crippen LogP contribution in [0.3, 0.4) is 0 Å². The van der Waals surface area contributed by atoms with Gasteiger partial charge in [-0.3, -0.25) is 0 Å². The Morgan fingerprint density at radius 1 is 1.18 bits per heavy atom. The fraction of sp³-hybridized carbons (Fsp3) is 0.929. The van der Waals surface area contributed by atoms with Crippen molar-refractivity contribution < 1.29 is 4.79 Å². The van der Waals surface area contributed by atoms with Gasteiger partial charge in [0.1, 0.15) is 0 Å². The van der Waals surface area contributed by atoms with Crippen molar-refractivity contribution in [3.63, 3.8) is 0 Å². The lowest BCUT2D eigenvalue weighted by atomic mass is 9.76. The highest BCUT2D eigenvalue weighted by Crippen LogP contribution is 2.34. The van der Waals surface area contributed by atoms with E-state index in [1.54, 1.807) is 19.0 Å². The fourth-order valence-electron chi connectivity index (χ4n) is 2.68. The number of amides is 2. The van der Waals surface area contributed by atoms with Crippen molar-refractivity contribution in [3.05, 3.63) is 0 Å². The van der Waals surface area contributed by atoms with E-state index in [1.165, 1.54) is 19.3 Å². The molecule has 1 N–H and O–H groups in total. The minimum atomic E-state index is 0.0456. The molecule has 1 fully saturated rings. The topological polar surface area (TPSA) is 32.3 Å². The van der Waals surface area contributed by atoms with Gasteiger partial charge in [0.05, 0.1) is 0 Å². The van der Waals surface area contributed by atoms with Crippen LogP contribution in [0.25, 0.3) is 0 Å². The van der Waals surface area contributed by atoms with Gasteiger partial charge in [0.2, 0.25) is 0 Å². The molecule has 0 heterocycles. The smallest absolute Gasteiger partial charge is 0.317 e. The molecule has 100 valence electrons. The van der Waals surface area contributed by atoms with Crippen LogP contribution in [0.2, 0.25) is 0 Å². The predicted molar refractivity (Wildman–Crippen MR) is 72.0 cm³/mol. The van der Waals surface area contributed by atoms with Gasteiger partial charge in [-0.1, -0.05) is 20.8 Å². The largest absolute Gasteiger partial charge is 0.335 e. The Bertz CT molecular complexity index is 247. The summed E-state index contributed by atoms with van der Waals surface area (Å²) >= 11 is 0. The third kappa shape index (κ3) is 5.42. The summed E-state index contributed by atoms with van der Waals surface area (Å²) in [6, 6.07) is 0.436. The number of urea groups is 1. The zero-order valence-corrected chi connectivity index (χ0v) is 12.0. The maximum Gasteiger partial charge on any atom is 0.317 e. The van der Waals surface area contributed by atoms with Crippen LogP contribution in [0.4, 0.5) is 4.79 Å². The van der Waals surface area contributed by atoms with E-state index in [1.807, 2.05) is 0 Å². The average Bonchev–Trinajstić information content (AvgIpc) is 2.18. The van der Waals surface area contributed by atoms with Crippen molar-refractivity contribution >= 4 is 6.03 Å². The molecule has 0 aromatic rings. The maximum atomic E-state index is 11.5. The van der Waals surface area contributed by atoms with Crippen molar-refractivity contribution in [1.82, 2.24) is 10.2 Å². The molecule has 3 heteroatoms. The number of nitrogens with zero attached hydrogens (tertiary/aromatic N) is 1. The first-order valence-electron chi connectivity index (χ1n) is 6.76. The first kappa shape index (κ1) is 14.3. The van der Waals surface area contributed by atoms with Crippen LogP contribution in [-0.4, -0.2) is 31.1 Å². The number of rotatable bonds is 2. The third-order valence-corrected chi connectivity index (χ3v) is 3.48. The highest BCUT2D eigenvalue weighted by molar-refractivity contribution is 5.73. The van der Waals surface area contributed by atoms with Gasteiger partial charge in [0.25, 0.3) is 0 Å². The summed E-state index contributed by atoms with van der Waals surface area (Å²) in [6.45, 7) is 6.94. The van der Waals surface area contributed by atoms with Crippen LogP contribution in [0.15, 0.2) is 0 Å². The van der Waals surface area contributed by atoms with E-state index in [0.29, 0.717) is 11.5 Å². The third-order valence-electron chi connectivity index (χ3n) is 3.48. The monoisotopic (exact) mass is 240 g/mol. The van der Waals surface area contributed by atoms with E-state index in [2.05, 4.69) is 26.1 Å². The minimum absolute atomic E-state index is 0.0456. The van der Waals surface area contributed by atoms with E-state index < -0.39 is 0 Å². The minimum Gasteiger partial charge on any atom is -0.335 e. The van der Waals surface area contributed by atoms with Crippen LogP contribution in [0.5, 0.6) is 0 Å². The quantitative estimate of drug-likeness (QED) is 0.789. The number of hydrogen-bond acceptors (Lipinski definition) is 1. The molecule has 0 unspecified atom stereocenters. The highest BCUT2D eigenvalue weighted by Gasteiger charge is 2.25. The molecule has 0 aliphatic heterocycles. The Balaban J connectivity index is 2.29. The molecule has 0 spiro atoms. The van der Waals surface area contributed by atoms with E-state index in [9.17, 15) is 4.79 Å². The zero-order valence-electron chi connectivity index (χ0n) is 12.0. The Labute approximate surface area is 106 Å². The highest BCUT2D eigenvalue weighted by atomic mass is 16.2. The van der Waals surface area contributed by atoms with E-state index in [0.717, 1.165) is 18.8 Å². The summed E-state index contributed by atoms with van der Waals surface area (Å²) in [5, 5.41) is 3.09. The molecule has 0 radical (unpaired) electrons. The second kappa shape index (κ2) is 5.74. The van der Waals surface area contributed by atoms with Crippen LogP contribution in [0.1, 0.15) is 52.9 Å².